The first-order valence-electron chi connectivity index (χ1n) is 4.59. The maximum atomic E-state index is 5.39. The lowest BCUT2D eigenvalue weighted by molar-refractivity contribution is 0.0801. The first-order valence-corrected chi connectivity index (χ1v) is 4.59. The molecule has 0 aromatic carbocycles. The predicted octanol–water partition coefficient (Wildman–Crippen LogP) is 1.36. The minimum Gasteiger partial charge on any atom is -0.381 e. The lowest BCUT2D eigenvalue weighted by Crippen LogP contribution is -2.31. The molecule has 2 nitrogen and oxygen atoms in total. The number of rotatable bonds is 3. The smallest absolute Gasteiger partial charge is 0.0495 e. The van der Waals surface area contributed by atoms with Crippen molar-refractivity contribution < 1.29 is 4.74 Å². The number of nitrogens with zero attached hydrogens (tertiary/aromatic N) is 1. The van der Waals surface area contributed by atoms with Crippen molar-refractivity contribution in [3.63, 3.8) is 0 Å². The Balaban J connectivity index is 2.07. The van der Waals surface area contributed by atoms with Gasteiger partial charge in [-0.1, -0.05) is 0 Å². The fourth-order valence-corrected chi connectivity index (χ4v) is 1.51. The normalized spacial score (nSPS) is 22.4. The Hall–Kier alpha value is -0.0800. The molecule has 0 aromatic heterocycles. The van der Waals surface area contributed by atoms with Crippen LogP contribution in [0, 0.1) is 5.92 Å². The highest BCUT2D eigenvalue weighted by molar-refractivity contribution is 4.69. The van der Waals surface area contributed by atoms with Crippen molar-refractivity contribution in [2.24, 2.45) is 5.92 Å². The van der Waals surface area contributed by atoms with Gasteiger partial charge in [0.1, 0.15) is 0 Å². The fraction of sp³-hybridized carbons (Fsp3) is 1.00. The van der Waals surface area contributed by atoms with Crippen LogP contribution < -0.4 is 0 Å². The van der Waals surface area contributed by atoms with Gasteiger partial charge in [0, 0.05) is 13.2 Å². The Kier molecular flexibility index (Phi) is 3.87. The summed E-state index contributed by atoms with van der Waals surface area (Å²) in [7, 11) is 2.19. The van der Waals surface area contributed by atoms with Crippen LogP contribution in [0.2, 0.25) is 0 Å². The van der Waals surface area contributed by atoms with Gasteiger partial charge in [0.05, 0.1) is 0 Å². The molecule has 1 saturated heterocycles. The van der Waals surface area contributed by atoms with Crippen molar-refractivity contribution >= 4 is 0 Å². The maximum absolute atomic E-state index is 5.39. The molecule has 1 heterocycles. The van der Waals surface area contributed by atoms with E-state index in [2.05, 4.69) is 18.9 Å². The van der Waals surface area contributed by atoms with E-state index in [9.17, 15) is 0 Å². The summed E-state index contributed by atoms with van der Waals surface area (Å²) in [6.45, 7) is 6.40. The summed E-state index contributed by atoms with van der Waals surface area (Å²) < 4.78 is 5.39. The monoisotopic (exact) mass is 157 g/mol. The summed E-state index contributed by atoms with van der Waals surface area (Å²) in [6.07, 6.45) is 2.63. The van der Waals surface area contributed by atoms with E-state index in [1.165, 1.54) is 25.9 Å². The fourth-order valence-electron chi connectivity index (χ4n) is 1.51. The van der Waals surface area contributed by atoms with Crippen molar-refractivity contribution in [3.05, 3.63) is 0 Å². The highest BCUT2D eigenvalue weighted by Crippen LogP contribution is 2.15. The van der Waals surface area contributed by atoms with E-state index in [0.29, 0.717) is 0 Å². The van der Waals surface area contributed by atoms with E-state index >= 15 is 0 Å². The van der Waals surface area contributed by atoms with Gasteiger partial charge in [-0.2, -0.15) is 0 Å². The second-order valence-electron chi connectivity index (χ2n) is 3.41. The molecular weight excluding hydrogens is 138 g/mol. The maximum Gasteiger partial charge on any atom is 0.0495 e. The van der Waals surface area contributed by atoms with Crippen molar-refractivity contribution in [1.29, 1.82) is 0 Å². The number of piperidine rings is 1. The molecule has 0 atom stereocenters. The number of ether oxygens (including phenoxy) is 1. The average molecular weight is 157 g/mol. The van der Waals surface area contributed by atoms with Crippen molar-refractivity contribution in [1.82, 2.24) is 4.90 Å². The zero-order valence-electron chi connectivity index (χ0n) is 7.68. The quantitative estimate of drug-likeness (QED) is 0.613. The molecule has 0 N–H and O–H groups in total. The second-order valence-corrected chi connectivity index (χ2v) is 3.41. The van der Waals surface area contributed by atoms with Gasteiger partial charge >= 0.3 is 0 Å². The Labute approximate surface area is 69.5 Å². The number of hydrogen-bond donors (Lipinski definition) is 0. The predicted molar refractivity (Wildman–Crippen MR) is 46.7 cm³/mol. The molecule has 1 aliphatic heterocycles. The molecule has 0 amide bonds. The Morgan fingerprint density at radius 3 is 2.55 bits per heavy atom. The molecular formula is C9H19NO. The summed E-state index contributed by atoms with van der Waals surface area (Å²) in [6, 6.07) is 0. The van der Waals surface area contributed by atoms with Crippen molar-refractivity contribution in [3.8, 4) is 0 Å². The minimum absolute atomic E-state index is 0.825. The van der Waals surface area contributed by atoms with Gasteiger partial charge in [0.15, 0.2) is 0 Å². The van der Waals surface area contributed by atoms with Gasteiger partial charge in [0.2, 0.25) is 0 Å². The van der Waals surface area contributed by atoms with Gasteiger partial charge in [0.25, 0.3) is 0 Å². The van der Waals surface area contributed by atoms with Gasteiger partial charge < -0.3 is 9.64 Å². The SMILES string of the molecule is CCOCC1CCN(C)CC1. The van der Waals surface area contributed by atoms with E-state index < -0.39 is 0 Å². The van der Waals surface area contributed by atoms with Crippen LogP contribution in [0.25, 0.3) is 0 Å². The van der Waals surface area contributed by atoms with Crippen LogP contribution in [-0.2, 0) is 4.74 Å². The molecule has 0 aliphatic carbocycles. The molecule has 1 fully saturated rings. The van der Waals surface area contributed by atoms with Gasteiger partial charge in [-0.05, 0) is 45.8 Å². The lowest BCUT2D eigenvalue weighted by Gasteiger charge is -2.28. The molecule has 11 heavy (non-hydrogen) atoms. The third-order valence-corrected chi connectivity index (χ3v) is 2.40. The van der Waals surface area contributed by atoms with Gasteiger partial charge in [-0.3, -0.25) is 0 Å². The molecule has 1 rings (SSSR count). The Bertz CT molecular complexity index is 95.0. The lowest BCUT2D eigenvalue weighted by atomic mass is 9.98. The topological polar surface area (TPSA) is 12.5 Å². The Morgan fingerprint density at radius 2 is 2.00 bits per heavy atom. The van der Waals surface area contributed by atoms with E-state index in [1.54, 1.807) is 0 Å². The molecule has 0 aromatic rings. The van der Waals surface area contributed by atoms with Crippen LogP contribution >= 0.6 is 0 Å². The highest BCUT2D eigenvalue weighted by atomic mass is 16.5. The van der Waals surface area contributed by atoms with Crippen LogP contribution in [0.1, 0.15) is 19.8 Å². The van der Waals surface area contributed by atoms with E-state index in [1.807, 2.05) is 0 Å². The van der Waals surface area contributed by atoms with Crippen LogP contribution in [-0.4, -0.2) is 38.3 Å². The van der Waals surface area contributed by atoms with Crippen molar-refractivity contribution in [2.45, 2.75) is 19.8 Å². The van der Waals surface area contributed by atoms with E-state index in [-0.39, 0.29) is 0 Å². The van der Waals surface area contributed by atoms with Gasteiger partial charge in [-0.15, -0.1) is 0 Å². The van der Waals surface area contributed by atoms with E-state index in [0.717, 1.165) is 19.1 Å². The summed E-state index contributed by atoms with van der Waals surface area (Å²) in [5, 5.41) is 0. The van der Waals surface area contributed by atoms with Crippen LogP contribution in [0.3, 0.4) is 0 Å². The molecule has 2 heteroatoms. The molecule has 1 aliphatic rings. The molecule has 0 unspecified atom stereocenters. The molecule has 0 saturated carbocycles. The van der Waals surface area contributed by atoms with E-state index in [4.69, 9.17) is 4.74 Å². The highest BCUT2D eigenvalue weighted by Gasteiger charge is 2.15. The zero-order chi connectivity index (χ0) is 8.10. The standard InChI is InChI=1S/C9H19NO/c1-3-11-8-9-4-6-10(2)7-5-9/h9H,3-8H2,1-2H3. The summed E-state index contributed by atoms with van der Waals surface area (Å²) in [4.78, 5) is 2.39. The van der Waals surface area contributed by atoms with Crippen LogP contribution in [0.15, 0.2) is 0 Å². The van der Waals surface area contributed by atoms with Crippen LogP contribution in [0.5, 0.6) is 0 Å². The van der Waals surface area contributed by atoms with Crippen molar-refractivity contribution in [2.75, 3.05) is 33.4 Å². The van der Waals surface area contributed by atoms with Gasteiger partial charge in [-0.25, -0.2) is 0 Å². The third kappa shape index (κ3) is 3.21. The molecule has 66 valence electrons. The third-order valence-electron chi connectivity index (χ3n) is 2.40. The average Bonchev–Trinajstić information content (AvgIpc) is 2.04. The summed E-state index contributed by atoms with van der Waals surface area (Å²) in [5.74, 6) is 0.825. The summed E-state index contributed by atoms with van der Waals surface area (Å²) >= 11 is 0. The molecule has 0 spiro atoms. The molecule has 0 radical (unpaired) electrons. The second kappa shape index (κ2) is 4.73. The molecule has 0 bridgehead atoms. The van der Waals surface area contributed by atoms with Crippen LogP contribution in [0.4, 0.5) is 0 Å². The zero-order valence-corrected chi connectivity index (χ0v) is 7.68. The minimum atomic E-state index is 0.825. The first-order chi connectivity index (χ1) is 5.33. The first kappa shape index (κ1) is 9.01. The largest absolute Gasteiger partial charge is 0.381 e. The Morgan fingerprint density at radius 1 is 1.36 bits per heavy atom. The number of hydrogen-bond acceptors (Lipinski definition) is 2. The summed E-state index contributed by atoms with van der Waals surface area (Å²) in [5.41, 5.74) is 0. The number of likely N-dealkylation sites (tertiary alicyclic amines) is 1.